The molecule has 0 bridgehead atoms. The monoisotopic (exact) mass is 392 g/mol. The van der Waals surface area contributed by atoms with E-state index in [9.17, 15) is 10.0 Å². The molecule has 0 spiro atoms. The molecule has 4 aromatic rings. The van der Waals surface area contributed by atoms with E-state index in [1.807, 2.05) is 31.2 Å². The Labute approximate surface area is 166 Å². The van der Waals surface area contributed by atoms with Crippen LogP contribution in [0, 0.1) is 12.1 Å². The third-order valence-electron chi connectivity index (χ3n) is 4.64. The molecule has 1 aromatic heterocycles. The summed E-state index contributed by atoms with van der Waals surface area (Å²) >= 11 is 5.94. The fourth-order valence-electron chi connectivity index (χ4n) is 3.10. The number of hydrogen-bond acceptors (Lipinski definition) is 3. The number of rotatable bonds is 4. The highest BCUT2D eigenvalue weighted by Gasteiger charge is 2.23. The molecule has 0 N–H and O–H groups in total. The lowest BCUT2D eigenvalue weighted by Gasteiger charge is -2.15. The fraction of sp³-hybridized carbons (Fsp3) is 0.0909. The first-order chi connectivity index (χ1) is 13.6. The van der Waals surface area contributed by atoms with Crippen LogP contribution in [0.15, 0.2) is 77.6 Å². The number of aryl methyl sites for hydroxylation is 1. The van der Waals surface area contributed by atoms with Gasteiger partial charge in [0.15, 0.2) is 5.52 Å². The van der Waals surface area contributed by atoms with Crippen molar-refractivity contribution in [2.75, 3.05) is 0 Å². The summed E-state index contributed by atoms with van der Waals surface area (Å²) in [5.41, 5.74) is 2.72. The average molecular weight is 393 g/mol. The highest BCUT2D eigenvalue weighted by molar-refractivity contribution is 6.30. The predicted octanol–water partition coefficient (Wildman–Crippen LogP) is 3.89. The van der Waals surface area contributed by atoms with Gasteiger partial charge in [-0.15, -0.1) is 4.73 Å². The van der Waals surface area contributed by atoms with E-state index in [0.29, 0.717) is 26.3 Å². The van der Waals surface area contributed by atoms with Crippen molar-refractivity contribution in [1.82, 2.24) is 4.73 Å². The van der Waals surface area contributed by atoms with Crippen molar-refractivity contribution in [2.24, 2.45) is 0 Å². The first-order valence-electron chi connectivity index (χ1n) is 8.77. The molecule has 28 heavy (non-hydrogen) atoms. The van der Waals surface area contributed by atoms with E-state index in [4.69, 9.17) is 16.4 Å². The van der Waals surface area contributed by atoms with Gasteiger partial charge in [0, 0.05) is 11.1 Å². The van der Waals surface area contributed by atoms with Gasteiger partial charge in [0.2, 0.25) is 5.52 Å². The Morgan fingerprint density at radius 3 is 2.43 bits per heavy atom. The zero-order valence-corrected chi connectivity index (χ0v) is 15.9. The molecule has 0 unspecified atom stereocenters. The topological polar surface area (TPSA) is 58.2 Å². The zero-order valence-electron chi connectivity index (χ0n) is 15.1. The van der Waals surface area contributed by atoms with Gasteiger partial charge in [-0.1, -0.05) is 48.0 Å². The highest BCUT2D eigenvalue weighted by atomic mass is 35.5. The fourth-order valence-corrected chi connectivity index (χ4v) is 3.23. The largest absolute Gasteiger partial charge is 0.618 e. The van der Waals surface area contributed by atoms with Gasteiger partial charge >= 0.3 is 5.56 Å². The van der Waals surface area contributed by atoms with Gasteiger partial charge in [-0.25, -0.2) is 0 Å². The molecule has 140 valence electrons. The molecule has 5 nitrogen and oxygen atoms in total. The Balaban J connectivity index is 1.89. The van der Waals surface area contributed by atoms with E-state index < -0.39 is 5.56 Å². The SMILES string of the molecule is Cc1ccccc1COn1c(=O)c(-c2ccc(Cl)cc2)[n+]([O-])c2ccccc21. The summed E-state index contributed by atoms with van der Waals surface area (Å²) in [6.07, 6.45) is 0. The lowest BCUT2D eigenvalue weighted by Crippen LogP contribution is -2.42. The Bertz CT molecular complexity index is 1220. The second-order valence-corrected chi connectivity index (χ2v) is 6.87. The van der Waals surface area contributed by atoms with Crippen molar-refractivity contribution in [3.8, 4) is 11.3 Å². The predicted molar refractivity (Wildman–Crippen MR) is 109 cm³/mol. The molecule has 0 radical (unpaired) electrons. The van der Waals surface area contributed by atoms with Crippen LogP contribution in [0.2, 0.25) is 5.02 Å². The molecule has 0 aliphatic rings. The zero-order chi connectivity index (χ0) is 19.7. The van der Waals surface area contributed by atoms with E-state index in [1.165, 1.54) is 4.73 Å². The third-order valence-corrected chi connectivity index (χ3v) is 4.89. The maximum absolute atomic E-state index is 13.2. The van der Waals surface area contributed by atoms with Gasteiger partial charge in [-0.2, -0.15) is 4.73 Å². The van der Waals surface area contributed by atoms with Crippen molar-refractivity contribution in [1.29, 1.82) is 0 Å². The second kappa shape index (κ2) is 7.37. The lowest BCUT2D eigenvalue weighted by atomic mass is 10.1. The van der Waals surface area contributed by atoms with Crippen molar-refractivity contribution in [3.63, 3.8) is 0 Å². The van der Waals surface area contributed by atoms with Crippen LogP contribution in [0.4, 0.5) is 0 Å². The average Bonchev–Trinajstić information content (AvgIpc) is 2.71. The van der Waals surface area contributed by atoms with Gasteiger partial charge < -0.3 is 10.0 Å². The smallest absolute Gasteiger partial charge is 0.357 e. The minimum Gasteiger partial charge on any atom is -0.618 e. The van der Waals surface area contributed by atoms with Crippen LogP contribution in [0.1, 0.15) is 11.1 Å². The number of fused-ring (bicyclic) bond motifs is 1. The van der Waals surface area contributed by atoms with Crippen LogP contribution in [-0.4, -0.2) is 4.73 Å². The summed E-state index contributed by atoms with van der Waals surface area (Å²) in [6, 6.07) is 21.2. The molecule has 0 saturated carbocycles. The first-order valence-corrected chi connectivity index (χ1v) is 9.15. The first kappa shape index (κ1) is 18.1. The molecule has 0 atom stereocenters. The Hall–Kier alpha value is -3.31. The van der Waals surface area contributed by atoms with E-state index in [1.54, 1.807) is 48.5 Å². The molecule has 6 heteroatoms. The standard InChI is InChI=1S/C22H17ClN2O3/c1-15-6-2-3-7-17(15)14-28-25-20-9-5-4-8-19(20)24(27)21(22(25)26)16-10-12-18(23)13-11-16/h2-13H,14H2,1H3. The maximum atomic E-state index is 13.2. The quantitative estimate of drug-likeness (QED) is 0.391. The molecule has 0 amide bonds. The van der Waals surface area contributed by atoms with Crippen LogP contribution in [0.3, 0.4) is 0 Å². The number of aromatic nitrogens is 2. The van der Waals surface area contributed by atoms with Gasteiger partial charge in [0.1, 0.15) is 6.61 Å². The van der Waals surface area contributed by atoms with Crippen LogP contribution in [0.25, 0.3) is 22.3 Å². The number of para-hydroxylation sites is 2. The van der Waals surface area contributed by atoms with E-state index in [0.717, 1.165) is 11.1 Å². The number of benzene rings is 3. The number of nitrogens with zero attached hydrogens (tertiary/aromatic N) is 2. The molecule has 0 fully saturated rings. The van der Waals surface area contributed by atoms with E-state index >= 15 is 0 Å². The second-order valence-electron chi connectivity index (χ2n) is 6.44. The van der Waals surface area contributed by atoms with Crippen LogP contribution in [0.5, 0.6) is 0 Å². The Kier molecular flexibility index (Phi) is 4.75. The summed E-state index contributed by atoms with van der Waals surface area (Å²) < 4.78 is 1.84. The van der Waals surface area contributed by atoms with Gasteiger partial charge in [0.25, 0.3) is 5.69 Å². The minimum absolute atomic E-state index is 0.0137. The molecule has 0 aliphatic carbocycles. The molecule has 0 saturated heterocycles. The van der Waals surface area contributed by atoms with E-state index in [2.05, 4.69) is 0 Å². The molecule has 0 aliphatic heterocycles. The number of halogens is 1. The Morgan fingerprint density at radius 1 is 1.00 bits per heavy atom. The molecular weight excluding hydrogens is 376 g/mol. The number of hydrogen-bond donors (Lipinski definition) is 0. The summed E-state index contributed by atoms with van der Waals surface area (Å²) in [6.45, 7) is 2.19. The van der Waals surface area contributed by atoms with Crippen LogP contribution >= 0.6 is 11.6 Å². The highest BCUT2D eigenvalue weighted by Crippen LogP contribution is 2.18. The van der Waals surface area contributed by atoms with Gasteiger partial charge in [-0.05, 0) is 48.4 Å². The molecule has 4 rings (SSSR count). The summed E-state index contributed by atoms with van der Waals surface area (Å²) in [4.78, 5) is 19.1. The van der Waals surface area contributed by atoms with Crippen molar-refractivity contribution in [2.45, 2.75) is 13.5 Å². The maximum Gasteiger partial charge on any atom is 0.357 e. The molecule has 1 heterocycles. The third kappa shape index (κ3) is 3.21. The van der Waals surface area contributed by atoms with E-state index in [-0.39, 0.29) is 12.3 Å². The van der Waals surface area contributed by atoms with Gasteiger partial charge in [0.05, 0.1) is 5.56 Å². The summed E-state index contributed by atoms with van der Waals surface area (Å²) in [5.74, 6) is 0. The lowest BCUT2D eigenvalue weighted by molar-refractivity contribution is -0.566. The molecular formula is C22H17ClN2O3. The summed E-state index contributed by atoms with van der Waals surface area (Å²) in [7, 11) is 0. The van der Waals surface area contributed by atoms with Crippen LogP contribution in [-0.2, 0) is 6.61 Å². The van der Waals surface area contributed by atoms with Crippen molar-refractivity contribution >= 4 is 22.6 Å². The van der Waals surface area contributed by atoms with Crippen LogP contribution < -0.4 is 15.1 Å². The molecule has 3 aromatic carbocycles. The van der Waals surface area contributed by atoms with Crippen molar-refractivity contribution in [3.05, 3.63) is 105 Å². The minimum atomic E-state index is -0.524. The summed E-state index contributed by atoms with van der Waals surface area (Å²) in [5, 5.41) is 13.5. The van der Waals surface area contributed by atoms with Crippen molar-refractivity contribution < 1.29 is 9.57 Å². The van der Waals surface area contributed by atoms with Gasteiger partial charge in [-0.3, -0.25) is 4.79 Å². The Morgan fingerprint density at radius 2 is 1.68 bits per heavy atom. The normalized spacial score (nSPS) is 10.9.